The Morgan fingerprint density at radius 3 is 1.94 bits per heavy atom. The van der Waals surface area contributed by atoms with Gasteiger partial charge in [-0.25, -0.2) is 0 Å². The van der Waals surface area contributed by atoms with E-state index in [9.17, 15) is 9.59 Å². The number of hydrogen-bond acceptors (Lipinski definition) is 4. The number of carbonyl (C=O) groups excluding carboxylic acids is 1. The zero-order chi connectivity index (χ0) is 14.5. The molecule has 0 aromatic heterocycles. The van der Waals surface area contributed by atoms with E-state index in [-0.39, 0.29) is 5.92 Å². The van der Waals surface area contributed by atoms with E-state index in [1.165, 1.54) is 0 Å². The molecule has 18 heavy (non-hydrogen) atoms. The van der Waals surface area contributed by atoms with E-state index in [2.05, 4.69) is 0 Å². The summed E-state index contributed by atoms with van der Waals surface area (Å²) in [5.41, 5.74) is 4.99. The van der Waals surface area contributed by atoms with Gasteiger partial charge >= 0.3 is 11.9 Å². The van der Waals surface area contributed by atoms with E-state index in [4.69, 9.17) is 15.6 Å². The summed E-state index contributed by atoms with van der Waals surface area (Å²) in [6.45, 7) is 9.09. The quantitative estimate of drug-likeness (QED) is 0.710. The molecule has 0 rings (SSSR count). The zero-order valence-electron chi connectivity index (χ0n) is 11.9. The van der Waals surface area contributed by atoms with E-state index in [1.54, 1.807) is 20.8 Å². The average Bonchev–Trinajstić information content (AvgIpc) is 2.21. The highest BCUT2D eigenvalue weighted by molar-refractivity contribution is 5.83. The number of aliphatic carboxylic acids is 1. The number of carbonyl (C=O) groups is 2. The molecule has 3 N–H and O–H groups in total. The van der Waals surface area contributed by atoms with Gasteiger partial charge in [0.05, 0.1) is 5.92 Å². The molecule has 0 unspecified atom stereocenters. The fraction of sp³-hybridized carbons (Fsp3) is 0.846. The van der Waals surface area contributed by atoms with Gasteiger partial charge in [0.15, 0.2) is 0 Å². The van der Waals surface area contributed by atoms with E-state index in [1.807, 2.05) is 13.8 Å². The van der Waals surface area contributed by atoms with Gasteiger partial charge in [-0.1, -0.05) is 26.7 Å². The summed E-state index contributed by atoms with van der Waals surface area (Å²) >= 11 is 0. The molecule has 0 aliphatic rings. The highest BCUT2D eigenvalue weighted by atomic mass is 16.6. The summed E-state index contributed by atoms with van der Waals surface area (Å²) in [5.74, 6) is -2.56. The average molecular weight is 259 g/mol. The van der Waals surface area contributed by atoms with Crippen LogP contribution in [0.25, 0.3) is 0 Å². The highest BCUT2D eigenvalue weighted by Crippen LogP contribution is 2.25. The molecule has 0 aliphatic carbocycles. The van der Waals surface area contributed by atoms with Crippen LogP contribution in [0.15, 0.2) is 0 Å². The van der Waals surface area contributed by atoms with Crippen molar-refractivity contribution in [1.82, 2.24) is 0 Å². The van der Waals surface area contributed by atoms with Gasteiger partial charge in [-0.15, -0.1) is 0 Å². The van der Waals surface area contributed by atoms with Gasteiger partial charge in [0.1, 0.15) is 11.6 Å². The van der Waals surface area contributed by atoms with Crippen LogP contribution in [-0.2, 0) is 14.3 Å². The smallest absolute Gasteiger partial charge is 0.321 e. The monoisotopic (exact) mass is 259 g/mol. The predicted molar refractivity (Wildman–Crippen MR) is 69.0 cm³/mol. The van der Waals surface area contributed by atoms with Crippen molar-refractivity contribution in [3.05, 3.63) is 0 Å². The first-order chi connectivity index (χ1) is 8.14. The fourth-order valence-electron chi connectivity index (χ4n) is 1.95. The second-order valence-corrected chi connectivity index (χ2v) is 5.50. The van der Waals surface area contributed by atoms with Crippen LogP contribution in [-0.4, -0.2) is 28.7 Å². The third-order valence-electron chi connectivity index (χ3n) is 2.91. The number of nitrogens with two attached hydrogens (primary N) is 1. The third kappa shape index (κ3) is 5.04. The standard InChI is InChI=1S/C13H25NO4/c1-6-8(7-2)9(10(14)11(15)16)12(17)18-13(3,4)5/h8-10H,6-7,14H2,1-5H3,(H,15,16)/t9-,10+/m1/s1. The first-order valence-corrected chi connectivity index (χ1v) is 6.35. The molecular weight excluding hydrogens is 234 g/mol. The summed E-state index contributed by atoms with van der Waals surface area (Å²) in [6.07, 6.45) is 1.39. The lowest BCUT2D eigenvalue weighted by Gasteiger charge is -2.30. The van der Waals surface area contributed by atoms with E-state index in [0.717, 1.165) is 0 Å². The highest BCUT2D eigenvalue weighted by Gasteiger charge is 2.38. The largest absolute Gasteiger partial charge is 0.480 e. The summed E-state index contributed by atoms with van der Waals surface area (Å²) in [4.78, 5) is 23.1. The number of ether oxygens (including phenoxy) is 1. The maximum absolute atomic E-state index is 12.1. The molecule has 0 aliphatic heterocycles. The molecule has 2 atom stereocenters. The van der Waals surface area contributed by atoms with E-state index < -0.39 is 29.5 Å². The van der Waals surface area contributed by atoms with Gasteiger partial charge < -0.3 is 15.6 Å². The van der Waals surface area contributed by atoms with Crippen LogP contribution in [0.4, 0.5) is 0 Å². The van der Waals surface area contributed by atoms with Crippen molar-refractivity contribution in [2.45, 2.75) is 59.1 Å². The topological polar surface area (TPSA) is 89.6 Å². The van der Waals surface area contributed by atoms with Crippen LogP contribution in [0.1, 0.15) is 47.5 Å². The molecule has 0 bridgehead atoms. The molecule has 0 radical (unpaired) electrons. The minimum absolute atomic E-state index is 0.0778. The molecule has 0 aromatic carbocycles. The van der Waals surface area contributed by atoms with Gasteiger partial charge in [-0.2, -0.15) is 0 Å². The number of carboxylic acid groups (broad SMARTS) is 1. The molecule has 0 heterocycles. The SMILES string of the molecule is CCC(CC)[C@@H](C(=O)OC(C)(C)C)[C@H](N)C(=O)O. The van der Waals surface area contributed by atoms with Gasteiger partial charge in [0, 0.05) is 0 Å². The summed E-state index contributed by atoms with van der Waals surface area (Å²) in [6, 6.07) is -1.22. The molecule has 0 saturated heterocycles. The third-order valence-corrected chi connectivity index (χ3v) is 2.91. The Labute approximate surface area is 109 Å². The van der Waals surface area contributed by atoms with E-state index in [0.29, 0.717) is 12.8 Å². The maximum Gasteiger partial charge on any atom is 0.321 e. The molecule has 0 aromatic rings. The minimum atomic E-state index is -1.22. The molecule has 106 valence electrons. The normalized spacial score (nSPS) is 15.3. The zero-order valence-corrected chi connectivity index (χ0v) is 11.9. The first kappa shape index (κ1) is 16.9. The number of carboxylic acids is 1. The number of rotatable bonds is 6. The van der Waals surface area contributed by atoms with Crippen molar-refractivity contribution in [3.63, 3.8) is 0 Å². The van der Waals surface area contributed by atoms with Crippen LogP contribution in [0.2, 0.25) is 0 Å². The second-order valence-electron chi connectivity index (χ2n) is 5.50. The lowest BCUT2D eigenvalue weighted by molar-refractivity contribution is -0.166. The Kier molecular flexibility index (Phi) is 6.32. The Morgan fingerprint density at radius 1 is 1.22 bits per heavy atom. The Bertz CT molecular complexity index is 292. The van der Waals surface area contributed by atoms with Crippen LogP contribution in [0, 0.1) is 11.8 Å². The van der Waals surface area contributed by atoms with Crippen LogP contribution in [0.3, 0.4) is 0 Å². The summed E-state index contributed by atoms with van der Waals surface area (Å²) in [7, 11) is 0. The summed E-state index contributed by atoms with van der Waals surface area (Å²) in [5, 5.41) is 9.01. The van der Waals surface area contributed by atoms with Gasteiger partial charge in [0.25, 0.3) is 0 Å². The molecule has 0 saturated carbocycles. The number of hydrogen-bond donors (Lipinski definition) is 2. The van der Waals surface area contributed by atoms with Gasteiger partial charge in [-0.05, 0) is 26.7 Å². The minimum Gasteiger partial charge on any atom is -0.480 e. The van der Waals surface area contributed by atoms with E-state index >= 15 is 0 Å². The molecular formula is C13H25NO4. The Hall–Kier alpha value is -1.10. The van der Waals surface area contributed by atoms with Crippen molar-refractivity contribution >= 4 is 11.9 Å². The maximum atomic E-state index is 12.1. The van der Waals surface area contributed by atoms with Gasteiger partial charge in [0.2, 0.25) is 0 Å². The molecule has 0 amide bonds. The van der Waals surface area contributed by atoms with Gasteiger partial charge in [-0.3, -0.25) is 9.59 Å². The fourth-order valence-corrected chi connectivity index (χ4v) is 1.95. The predicted octanol–water partition coefficient (Wildman–Crippen LogP) is 1.79. The van der Waals surface area contributed by atoms with Crippen molar-refractivity contribution in [1.29, 1.82) is 0 Å². The van der Waals surface area contributed by atoms with Crippen molar-refractivity contribution in [3.8, 4) is 0 Å². The summed E-state index contributed by atoms with van der Waals surface area (Å²) < 4.78 is 5.27. The second kappa shape index (κ2) is 6.73. The van der Waals surface area contributed by atoms with Crippen LogP contribution in [0.5, 0.6) is 0 Å². The van der Waals surface area contributed by atoms with Crippen molar-refractivity contribution in [2.75, 3.05) is 0 Å². The van der Waals surface area contributed by atoms with Crippen LogP contribution < -0.4 is 5.73 Å². The molecule has 0 spiro atoms. The molecule has 5 heteroatoms. The Balaban J connectivity index is 5.08. The van der Waals surface area contributed by atoms with Crippen molar-refractivity contribution < 1.29 is 19.4 Å². The molecule has 0 fully saturated rings. The lowest BCUT2D eigenvalue weighted by Crippen LogP contribution is -2.47. The van der Waals surface area contributed by atoms with Crippen LogP contribution >= 0.6 is 0 Å². The number of esters is 1. The van der Waals surface area contributed by atoms with Crippen molar-refractivity contribution in [2.24, 2.45) is 17.6 Å². The lowest BCUT2D eigenvalue weighted by atomic mass is 9.82. The first-order valence-electron chi connectivity index (χ1n) is 6.35. The molecule has 5 nitrogen and oxygen atoms in total. The Morgan fingerprint density at radius 2 is 1.67 bits per heavy atom.